The lowest BCUT2D eigenvalue weighted by atomic mass is 9.89. The number of carbonyl (C=O) groups excluding carboxylic acids is 1. The zero-order chi connectivity index (χ0) is 19.3. The van der Waals surface area contributed by atoms with E-state index in [1.54, 1.807) is 7.11 Å². The third-order valence-corrected chi connectivity index (χ3v) is 6.25. The number of aromatic nitrogens is 1. The van der Waals surface area contributed by atoms with Gasteiger partial charge in [-0.2, -0.15) is 0 Å². The molecule has 1 aliphatic carbocycles. The number of pyridine rings is 1. The second-order valence-electron chi connectivity index (χ2n) is 8.12. The van der Waals surface area contributed by atoms with E-state index in [2.05, 4.69) is 28.5 Å². The highest BCUT2D eigenvalue weighted by atomic mass is 16.5. The zero-order valence-corrected chi connectivity index (χ0v) is 16.7. The molecule has 1 N–H and O–H groups in total. The molecule has 1 fully saturated rings. The molecule has 1 saturated heterocycles. The minimum Gasteiger partial charge on any atom is -0.379 e. The van der Waals surface area contributed by atoms with Crippen molar-refractivity contribution in [2.24, 2.45) is 5.92 Å². The molecule has 0 saturated carbocycles. The molecule has 2 aliphatic heterocycles. The van der Waals surface area contributed by atoms with Crippen molar-refractivity contribution in [1.29, 1.82) is 0 Å². The topological polar surface area (TPSA) is 63.7 Å². The van der Waals surface area contributed by atoms with Crippen LogP contribution >= 0.6 is 0 Å². The number of fused-ring (bicyclic) bond motifs is 1. The van der Waals surface area contributed by atoms with Gasteiger partial charge in [0, 0.05) is 63.6 Å². The minimum atomic E-state index is 0.123. The normalized spacial score (nSPS) is 30.1. The van der Waals surface area contributed by atoms with Crippen molar-refractivity contribution in [3.05, 3.63) is 41.7 Å². The van der Waals surface area contributed by atoms with Gasteiger partial charge in [0.2, 0.25) is 5.91 Å². The van der Waals surface area contributed by atoms with Crippen LogP contribution in [0.3, 0.4) is 0 Å². The quantitative estimate of drug-likeness (QED) is 0.787. The fraction of sp³-hybridized carbons (Fsp3) is 0.636. The van der Waals surface area contributed by atoms with Gasteiger partial charge >= 0.3 is 0 Å². The summed E-state index contributed by atoms with van der Waals surface area (Å²) in [5.74, 6) is 0.605. The van der Waals surface area contributed by atoms with Crippen molar-refractivity contribution < 1.29 is 14.3 Å². The Kier molecular flexibility index (Phi) is 6.40. The van der Waals surface area contributed by atoms with Gasteiger partial charge in [0.05, 0.1) is 12.7 Å². The van der Waals surface area contributed by atoms with E-state index in [1.807, 2.05) is 17.2 Å². The molecular formula is C22H31N3O3. The van der Waals surface area contributed by atoms with Crippen LogP contribution in [0, 0.1) is 5.92 Å². The molecule has 1 amide bonds. The number of carbonyl (C=O) groups is 1. The van der Waals surface area contributed by atoms with Crippen molar-refractivity contribution in [2.75, 3.05) is 26.9 Å². The Labute approximate surface area is 167 Å². The lowest BCUT2D eigenvalue weighted by molar-refractivity contribution is -0.132. The van der Waals surface area contributed by atoms with E-state index in [-0.39, 0.29) is 12.0 Å². The van der Waals surface area contributed by atoms with Crippen molar-refractivity contribution in [1.82, 2.24) is 15.2 Å². The molecule has 6 nitrogen and oxygen atoms in total. The van der Waals surface area contributed by atoms with Gasteiger partial charge in [-0.15, -0.1) is 0 Å². The van der Waals surface area contributed by atoms with Crippen LogP contribution in [0.5, 0.6) is 0 Å². The standard InChI is InChI=1S/C22H31N3O3/c1-27-21-15-28-12-9-20(21)24-18-6-4-16(5-7-18)13-22(26)25-11-8-19-17(14-25)3-2-10-23-19/h2-4,6,10,16,18,20-21,24H,5,7-9,11-15H2,1H3. The molecule has 28 heavy (non-hydrogen) atoms. The molecule has 0 aromatic carbocycles. The molecule has 4 unspecified atom stereocenters. The Morgan fingerprint density at radius 3 is 3.11 bits per heavy atom. The van der Waals surface area contributed by atoms with E-state index in [4.69, 9.17) is 9.47 Å². The van der Waals surface area contributed by atoms with Gasteiger partial charge in [-0.1, -0.05) is 18.2 Å². The number of methoxy groups -OCH3 is 1. The number of rotatable bonds is 5. The van der Waals surface area contributed by atoms with Crippen molar-refractivity contribution in [3.8, 4) is 0 Å². The summed E-state index contributed by atoms with van der Waals surface area (Å²) in [6, 6.07) is 4.74. The Hall–Kier alpha value is -1.76. The number of nitrogens with one attached hydrogen (secondary N) is 1. The number of hydrogen-bond acceptors (Lipinski definition) is 5. The monoisotopic (exact) mass is 385 g/mol. The zero-order valence-electron chi connectivity index (χ0n) is 16.7. The molecule has 3 aliphatic rings. The SMILES string of the molecule is COC1COCCC1NC1C=CC(CC(=O)N2CCc3ncccc3C2)CC1. The van der Waals surface area contributed by atoms with Gasteiger partial charge in [0.1, 0.15) is 0 Å². The maximum absolute atomic E-state index is 12.8. The second-order valence-corrected chi connectivity index (χ2v) is 8.12. The summed E-state index contributed by atoms with van der Waals surface area (Å²) in [7, 11) is 1.75. The third-order valence-electron chi connectivity index (χ3n) is 6.25. The molecule has 0 spiro atoms. The van der Waals surface area contributed by atoms with Crippen LogP contribution in [0.1, 0.15) is 36.9 Å². The van der Waals surface area contributed by atoms with Crippen LogP contribution in [0.25, 0.3) is 0 Å². The Morgan fingerprint density at radius 2 is 2.29 bits per heavy atom. The first-order chi connectivity index (χ1) is 13.7. The average Bonchev–Trinajstić information content (AvgIpc) is 2.75. The Balaban J connectivity index is 1.26. The highest BCUT2D eigenvalue weighted by molar-refractivity contribution is 5.77. The number of nitrogens with zero attached hydrogens (tertiary/aromatic N) is 2. The van der Waals surface area contributed by atoms with Crippen LogP contribution in [0.15, 0.2) is 30.5 Å². The Morgan fingerprint density at radius 1 is 1.36 bits per heavy atom. The summed E-state index contributed by atoms with van der Waals surface area (Å²) in [6.45, 7) is 2.94. The van der Waals surface area contributed by atoms with E-state index in [1.165, 1.54) is 5.56 Å². The molecule has 152 valence electrons. The van der Waals surface area contributed by atoms with E-state index in [9.17, 15) is 4.79 Å². The molecule has 4 rings (SSSR count). The van der Waals surface area contributed by atoms with Gasteiger partial charge in [-0.3, -0.25) is 9.78 Å². The first-order valence-electron chi connectivity index (χ1n) is 10.5. The van der Waals surface area contributed by atoms with Crippen LogP contribution in [0.4, 0.5) is 0 Å². The van der Waals surface area contributed by atoms with Crippen LogP contribution in [0.2, 0.25) is 0 Å². The van der Waals surface area contributed by atoms with E-state index in [0.29, 0.717) is 37.6 Å². The lowest BCUT2D eigenvalue weighted by Gasteiger charge is -2.35. The molecule has 4 atom stereocenters. The molecule has 1 aromatic rings. The molecule has 0 bridgehead atoms. The predicted molar refractivity (Wildman–Crippen MR) is 107 cm³/mol. The fourth-order valence-electron chi connectivity index (χ4n) is 4.53. The lowest BCUT2D eigenvalue weighted by Crippen LogP contribution is -2.51. The molecule has 0 radical (unpaired) electrons. The van der Waals surface area contributed by atoms with E-state index < -0.39 is 0 Å². The maximum Gasteiger partial charge on any atom is 0.223 e. The number of ether oxygens (including phenoxy) is 2. The van der Waals surface area contributed by atoms with E-state index >= 15 is 0 Å². The summed E-state index contributed by atoms with van der Waals surface area (Å²) in [5, 5.41) is 3.71. The minimum absolute atomic E-state index is 0.123. The third kappa shape index (κ3) is 4.62. The molecule has 6 heteroatoms. The summed E-state index contributed by atoms with van der Waals surface area (Å²) < 4.78 is 11.0. The summed E-state index contributed by atoms with van der Waals surface area (Å²) in [4.78, 5) is 19.2. The maximum atomic E-state index is 12.8. The van der Waals surface area contributed by atoms with Gasteiger partial charge in [-0.25, -0.2) is 0 Å². The fourth-order valence-corrected chi connectivity index (χ4v) is 4.53. The van der Waals surface area contributed by atoms with Gasteiger partial charge in [0.15, 0.2) is 0 Å². The summed E-state index contributed by atoms with van der Waals surface area (Å²) in [5.41, 5.74) is 2.33. The number of hydrogen-bond donors (Lipinski definition) is 1. The molecular weight excluding hydrogens is 354 g/mol. The largest absolute Gasteiger partial charge is 0.379 e. The Bertz CT molecular complexity index is 708. The van der Waals surface area contributed by atoms with Crippen LogP contribution < -0.4 is 5.32 Å². The van der Waals surface area contributed by atoms with Crippen molar-refractivity contribution >= 4 is 5.91 Å². The highest BCUT2D eigenvalue weighted by Crippen LogP contribution is 2.25. The highest BCUT2D eigenvalue weighted by Gasteiger charge is 2.29. The number of amides is 1. The van der Waals surface area contributed by atoms with Gasteiger partial charge in [-0.05, 0) is 36.8 Å². The summed E-state index contributed by atoms with van der Waals surface area (Å²) in [6.07, 6.45) is 11.0. The molecule has 3 heterocycles. The van der Waals surface area contributed by atoms with E-state index in [0.717, 1.165) is 44.5 Å². The first-order valence-corrected chi connectivity index (χ1v) is 10.5. The van der Waals surface area contributed by atoms with Crippen molar-refractivity contribution in [2.45, 2.75) is 56.8 Å². The van der Waals surface area contributed by atoms with Crippen LogP contribution in [-0.2, 0) is 27.2 Å². The van der Waals surface area contributed by atoms with Crippen LogP contribution in [-0.4, -0.2) is 60.8 Å². The first kappa shape index (κ1) is 19.6. The van der Waals surface area contributed by atoms with Crippen molar-refractivity contribution in [3.63, 3.8) is 0 Å². The van der Waals surface area contributed by atoms with Gasteiger partial charge in [0.25, 0.3) is 0 Å². The molecule has 1 aromatic heterocycles. The average molecular weight is 386 g/mol. The number of allylic oxidation sites excluding steroid dienone is 1. The second kappa shape index (κ2) is 9.16. The van der Waals surface area contributed by atoms with Gasteiger partial charge < -0.3 is 19.7 Å². The predicted octanol–water partition coefficient (Wildman–Crippen LogP) is 2.08. The summed E-state index contributed by atoms with van der Waals surface area (Å²) >= 11 is 0. The smallest absolute Gasteiger partial charge is 0.223 e.